The molecule has 21 heavy (non-hydrogen) atoms. The number of hydrogen-bond donors (Lipinski definition) is 2. The van der Waals surface area contributed by atoms with Gasteiger partial charge in [-0.3, -0.25) is 9.69 Å². The second kappa shape index (κ2) is 7.56. The lowest BCUT2D eigenvalue weighted by molar-refractivity contribution is -0.126. The number of ether oxygens (including phenoxy) is 1. The van der Waals surface area contributed by atoms with Gasteiger partial charge in [0.1, 0.15) is 0 Å². The third-order valence-electron chi connectivity index (χ3n) is 5.16. The molecule has 0 aromatic heterocycles. The Labute approximate surface area is 127 Å². The number of piperidine rings is 1. The zero-order valence-corrected chi connectivity index (χ0v) is 13.0. The van der Waals surface area contributed by atoms with Gasteiger partial charge in [-0.05, 0) is 64.6 Å². The SMILES string of the molecule is O=C(NCCC1CCCO1)C1CCCN1C1CCNCC1. The number of carbonyl (C=O) groups is 1. The van der Waals surface area contributed by atoms with Crippen molar-refractivity contribution in [1.29, 1.82) is 0 Å². The lowest BCUT2D eigenvalue weighted by Gasteiger charge is -2.35. The first-order valence-electron chi connectivity index (χ1n) is 8.70. The molecular formula is C16H29N3O2. The molecule has 3 aliphatic rings. The molecule has 1 amide bonds. The lowest BCUT2D eigenvalue weighted by Crippen LogP contribution is -2.51. The van der Waals surface area contributed by atoms with Crippen LogP contribution in [0.3, 0.4) is 0 Å². The first-order valence-corrected chi connectivity index (χ1v) is 8.70. The van der Waals surface area contributed by atoms with Crippen LogP contribution in [0.1, 0.15) is 44.9 Å². The zero-order valence-electron chi connectivity index (χ0n) is 13.0. The highest BCUT2D eigenvalue weighted by molar-refractivity contribution is 5.82. The Bertz CT molecular complexity index is 338. The Balaban J connectivity index is 1.43. The van der Waals surface area contributed by atoms with Gasteiger partial charge >= 0.3 is 0 Å². The van der Waals surface area contributed by atoms with Gasteiger partial charge in [-0.15, -0.1) is 0 Å². The van der Waals surface area contributed by atoms with Crippen molar-refractivity contribution in [3.05, 3.63) is 0 Å². The van der Waals surface area contributed by atoms with Gasteiger partial charge < -0.3 is 15.4 Å². The Hall–Kier alpha value is -0.650. The fraction of sp³-hybridized carbons (Fsp3) is 0.938. The molecular weight excluding hydrogens is 266 g/mol. The van der Waals surface area contributed by atoms with E-state index in [1.807, 2.05) is 0 Å². The van der Waals surface area contributed by atoms with E-state index in [0.29, 0.717) is 12.1 Å². The van der Waals surface area contributed by atoms with E-state index in [-0.39, 0.29) is 11.9 Å². The van der Waals surface area contributed by atoms with Gasteiger partial charge in [0.15, 0.2) is 0 Å². The monoisotopic (exact) mass is 295 g/mol. The van der Waals surface area contributed by atoms with Crippen LogP contribution in [-0.4, -0.2) is 61.8 Å². The number of nitrogens with zero attached hydrogens (tertiary/aromatic N) is 1. The van der Waals surface area contributed by atoms with Gasteiger partial charge in [-0.25, -0.2) is 0 Å². The molecule has 0 aromatic rings. The number of carbonyl (C=O) groups excluding carboxylic acids is 1. The van der Waals surface area contributed by atoms with Crippen LogP contribution in [0, 0.1) is 0 Å². The zero-order chi connectivity index (χ0) is 14.5. The van der Waals surface area contributed by atoms with Gasteiger partial charge in [0, 0.05) is 19.2 Å². The van der Waals surface area contributed by atoms with Crippen molar-refractivity contribution in [2.75, 3.05) is 32.8 Å². The summed E-state index contributed by atoms with van der Waals surface area (Å²) in [5.74, 6) is 0.240. The van der Waals surface area contributed by atoms with Crippen molar-refractivity contribution >= 4 is 5.91 Å². The normalized spacial score (nSPS) is 31.6. The summed E-state index contributed by atoms with van der Waals surface area (Å²) in [4.78, 5) is 14.9. The molecule has 3 rings (SSSR count). The van der Waals surface area contributed by atoms with Crippen LogP contribution in [0.4, 0.5) is 0 Å². The maximum atomic E-state index is 12.5. The standard InChI is InChI=1S/C16H29N3O2/c20-16(18-10-7-14-3-2-12-21-14)15-4-1-11-19(15)13-5-8-17-9-6-13/h13-15,17H,1-12H2,(H,18,20). The van der Waals surface area contributed by atoms with Gasteiger partial charge in [0.2, 0.25) is 5.91 Å². The summed E-state index contributed by atoms with van der Waals surface area (Å²) >= 11 is 0. The molecule has 3 heterocycles. The average molecular weight is 295 g/mol. The average Bonchev–Trinajstić information content (AvgIpc) is 3.19. The summed E-state index contributed by atoms with van der Waals surface area (Å²) in [5.41, 5.74) is 0. The van der Waals surface area contributed by atoms with E-state index in [4.69, 9.17) is 4.74 Å². The van der Waals surface area contributed by atoms with E-state index in [1.54, 1.807) is 0 Å². The molecule has 0 aromatic carbocycles. The largest absolute Gasteiger partial charge is 0.378 e. The Morgan fingerprint density at radius 1 is 1.19 bits per heavy atom. The minimum Gasteiger partial charge on any atom is -0.378 e. The number of rotatable bonds is 5. The Kier molecular flexibility index (Phi) is 5.49. The van der Waals surface area contributed by atoms with Crippen molar-refractivity contribution in [3.8, 4) is 0 Å². The van der Waals surface area contributed by atoms with Crippen molar-refractivity contribution in [1.82, 2.24) is 15.5 Å². The summed E-state index contributed by atoms with van der Waals surface area (Å²) in [6, 6.07) is 0.709. The summed E-state index contributed by atoms with van der Waals surface area (Å²) in [7, 11) is 0. The quantitative estimate of drug-likeness (QED) is 0.791. The van der Waals surface area contributed by atoms with Crippen LogP contribution >= 0.6 is 0 Å². The number of nitrogens with one attached hydrogen (secondary N) is 2. The molecule has 2 unspecified atom stereocenters. The van der Waals surface area contributed by atoms with E-state index in [9.17, 15) is 4.79 Å². The van der Waals surface area contributed by atoms with E-state index < -0.39 is 0 Å². The minimum absolute atomic E-state index is 0.109. The molecule has 0 bridgehead atoms. The van der Waals surface area contributed by atoms with Crippen LogP contribution in [0.5, 0.6) is 0 Å². The van der Waals surface area contributed by atoms with E-state index in [0.717, 1.165) is 58.5 Å². The molecule has 3 saturated heterocycles. The fourth-order valence-corrected chi connectivity index (χ4v) is 3.99. The summed E-state index contributed by atoms with van der Waals surface area (Å²) in [6.45, 7) is 4.93. The topological polar surface area (TPSA) is 53.6 Å². The molecule has 3 fully saturated rings. The lowest BCUT2D eigenvalue weighted by atomic mass is 10.0. The van der Waals surface area contributed by atoms with Crippen LogP contribution in [0.2, 0.25) is 0 Å². The molecule has 2 N–H and O–H groups in total. The molecule has 5 nitrogen and oxygen atoms in total. The van der Waals surface area contributed by atoms with Crippen LogP contribution in [0.25, 0.3) is 0 Å². The highest BCUT2D eigenvalue weighted by Gasteiger charge is 2.35. The highest BCUT2D eigenvalue weighted by atomic mass is 16.5. The second-order valence-electron chi connectivity index (χ2n) is 6.59. The molecule has 0 saturated carbocycles. The Morgan fingerprint density at radius 3 is 2.81 bits per heavy atom. The summed E-state index contributed by atoms with van der Waals surface area (Å²) in [5, 5.41) is 6.55. The minimum atomic E-state index is 0.109. The van der Waals surface area contributed by atoms with Crippen molar-refractivity contribution < 1.29 is 9.53 Å². The van der Waals surface area contributed by atoms with Crippen LogP contribution < -0.4 is 10.6 Å². The highest BCUT2D eigenvalue weighted by Crippen LogP contribution is 2.24. The third kappa shape index (κ3) is 3.96. The molecule has 2 atom stereocenters. The van der Waals surface area contributed by atoms with Crippen LogP contribution in [-0.2, 0) is 9.53 Å². The van der Waals surface area contributed by atoms with E-state index in [1.165, 1.54) is 19.3 Å². The fourth-order valence-electron chi connectivity index (χ4n) is 3.99. The second-order valence-corrected chi connectivity index (χ2v) is 6.59. The molecule has 120 valence electrons. The molecule has 0 aliphatic carbocycles. The van der Waals surface area contributed by atoms with E-state index in [2.05, 4.69) is 15.5 Å². The molecule has 5 heteroatoms. The van der Waals surface area contributed by atoms with Gasteiger partial charge in [0.05, 0.1) is 12.1 Å². The Morgan fingerprint density at radius 2 is 2.05 bits per heavy atom. The van der Waals surface area contributed by atoms with E-state index >= 15 is 0 Å². The first kappa shape index (κ1) is 15.3. The number of hydrogen-bond acceptors (Lipinski definition) is 4. The number of amides is 1. The van der Waals surface area contributed by atoms with Crippen molar-refractivity contribution in [2.24, 2.45) is 0 Å². The maximum Gasteiger partial charge on any atom is 0.237 e. The van der Waals surface area contributed by atoms with Gasteiger partial charge in [-0.2, -0.15) is 0 Å². The smallest absolute Gasteiger partial charge is 0.237 e. The third-order valence-corrected chi connectivity index (χ3v) is 5.16. The summed E-state index contributed by atoms with van der Waals surface area (Å²) < 4.78 is 5.61. The number of likely N-dealkylation sites (tertiary alicyclic amines) is 1. The summed E-state index contributed by atoms with van der Waals surface area (Å²) in [6.07, 6.45) is 8.20. The first-order chi connectivity index (χ1) is 10.3. The van der Waals surface area contributed by atoms with Gasteiger partial charge in [-0.1, -0.05) is 0 Å². The maximum absolute atomic E-state index is 12.5. The molecule has 0 spiro atoms. The van der Waals surface area contributed by atoms with Crippen molar-refractivity contribution in [3.63, 3.8) is 0 Å². The van der Waals surface area contributed by atoms with Crippen molar-refractivity contribution in [2.45, 2.75) is 63.1 Å². The predicted octanol–water partition coefficient (Wildman–Crippen LogP) is 0.888. The van der Waals surface area contributed by atoms with Crippen LogP contribution in [0.15, 0.2) is 0 Å². The molecule has 3 aliphatic heterocycles. The molecule has 0 radical (unpaired) electrons. The van der Waals surface area contributed by atoms with Gasteiger partial charge in [0.25, 0.3) is 0 Å². The predicted molar refractivity (Wildman–Crippen MR) is 82.2 cm³/mol.